The van der Waals surface area contributed by atoms with Crippen LogP contribution in [-0.2, 0) is 4.74 Å². The number of hydrogen-bond acceptors (Lipinski definition) is 1. The van der Waals surface area contributed by atoms with Gasteiger partial charge in [0, 0.05) is 11.1 Å². The van der Waals surface area contributed by atoms with Gasteiger partial charge in [-0.1, -0.05) is 58.1 Å². The van der Waals surface area contributed by atoms with E-state index in [1.165, 1.54) is 50.7 Å². The van der Waals surface area contributed by atoms with Crippen LogP contribution in [0.15, 0.2) is 23.3 Å². The maximum absolute atomic E-state index is 14.6. The minimum absolute atomic E-state index is 0.0132. The zero-order valence-corrected chi connectivity index (χ0v) is 17.2. The average Bonchev–Trinajstić information content (AvgIpc) is 2.67. The Morgan fingerprint density at radius 3 is 2.11 bits per heavy atom. The lowest BCUT2D eigenvalue weighted by molar-refractivity contribution is -0.177. The molecule has 5 heteroatoms. The summed E-state index contributed by atoms with van der Waals surface area (Å²) < 4.78 is 63.8. The summed E-state index contributed by atoms with van der Waals surface area (Å²) in [6.07, 6.45) is 10.5. The Morgan fingerprint density at radius 1 is 0.857 bits per heavy atom. The Balaban J connectivity index is 1.60. The highest BCUT2D eigenvalue weighted by Crippen LogP contribution is 2.51. The van der Waals surface area contributed by atoms with E-state index in [2.05, 4.69) is 6.92 Å². The van der Waals surface area contributed by atoms with Crippen LogP contribution in [0.3, 0.4) is 0 Å². The summed E-state index contributed by atoms with van der Waals surface area (Å²) in [5, 5.41) is 0. The van der Waals surface area contributed by atoms with Gasteiger partial charge in [0.2, 0.25) is 0 Å². The number of rotatable bonds is 6. The van der Waals surface area contributed by atoms with Crippen LogP contribution >= 0.6 is 0 Å². The van der Waals surface area contributed by atoms with Crippen molar-refractivity contribution in [1.82, 2.24) is 0 Å². The molecule has 0 aromatic rings. The Labute approximate surface area is 166 Å². The smallest absolute Gasteiger partial charge is 0.338 e. The summed E-state index contributed by atoms with van der Waals surface area (Å²) in [6, 6.07) is 0. The van der Waals surface area contributed by atoms with Gasteiger partial charge in [-0.05, 0) is 49.9 Å². The maximum Gasteiger partial charge on any atom is 0.338 e. The van der Waals surface area contributed by atoms with Gasteiger partial charge in [0.25, 0.3) is 0 Å². The molecule has 3 rings (SSSR count). The normalized spacial score (nSPS) is 35.2. The third-order valence-corrected chi connectivity index (χ3v) is 7.06. The molecule has 2 fully saturated rings. The van der Waals surface area contributed by atoms with Crippen LogP contribution in [0.2, 0.25) is 0 Å². The van der Waals surface area contributed by atoms with Crippen molar-refractivity contribution in [3.8, 4) is 0 Å². The molecular weight excluding hydrogens is 368 g/mol. The highest BCUT2D eigenvalue weighted by atomic mass is 19.3. The number of halogens is 4. The highest BCUT2D eigenvalue weighted by Gasteiger charge is 2.63. The fraction of sp³-hybridized carbons (Fsp3) is 0.826. The van der Waals surface area contributed by atoms with Gasteiger partial charge in [0.1, 0.15) is 0 Å². The van der Waals surface area contributed by atoms with Gasteiger partial charge in [0.15, 0.2) is 0 Å². The zero-order chi connectivity index (χ0) is 20.4. The van der Waals surface area contributed by atoms with E-state index in [1.54, 1.807) is 6.92 Å². The standard InChI is InChI=1S/C23H34F4O/c1-3-5-16-7-9-17(10-8-16)18-11-14-21(28-15-18)20-13-12-19(6-4-2)22(24,25)23(20,26)27/h12-13,16-18,21H,3-11,14-15H2,1-2H3. The SMILES string of the molecule is CCCC1=CC=C(C2CCC(C3CCC(CCC)CC3)CO2)C(F)(F)C1(F)F. The van der Waals surface area contributed by atoms with Crippen LogP contribution in [0.1, 0.15) is 78.1 Å². The molecule has 1 aliphatic heterocycles. The summed E-state index contributed by atoms with van der Waals surface area (Å²) in [7, 11) is 0. The van der Waals surface area contributed by atoms with Crippen LogP contribution in [-0.4, -0.2) is 24.6 Å². The summed E-state index contributed by atoms with van der Waals surface area (Å²) >= 11 is 0. The average molecular weight is 403 g/mol. The van der Waals surface area contributed by atoms with Gasteiger partial charge in [-0.2, -0.15) is 17.6 Å². The van der Waals surface area contributed by atoms with Crippen molar-refractivity contribution in [3.63, 3.8) is 0 Å². The summed E-state index contributed by atoms with van der Waals surface area (Å²) in [5.41, 5.74) is -1.01. The van der Waals surface area contributed by atoms with Crippen molar-refractivity contribution in [2.45, 2.75) is 96.0 Å². The second-order valence-electron chi connectivity index (χ2n) is 8.94. The van der Waals surface area contributed by atoms with Gasteiger partial charge in [-0.25, -0.2) is 0 Å². The Morgan fingerprint density at radius 2 is 1.54 bits per heavy atom. The molecule has 28 heavy (non-hydrogen) atoms. The molecule has 0 radical (unpaired) electrons. The molecule has 2 unspecified atom stereocenters. The van der Waals surface area contributed by atoms with E-state index < -0.39 is 29.1 Å². The lowest BCUT2D eigenvalue weighted by atomic mass is 9.72. The molecule has 160 valence electrons. The Hall–Kier alpha value is -0.840. The maximum atomic E-state index is 14.6. The van der Waals surface area contributed by atoms with Crippen LogP contribution < -0.4 is 0 Å². The third kappa shape index (κ3) is 4.20. The Kier molecular flexibility index (Phi) is 6.94. The van der Waals surface area contributed by atoms with E-state index in [0.717, 1.165) is 12.3 Å². The molecule has 1 saturated carbocycles. The van der Waals surface area contributed by atoms with Crippen LogP contribution in [0.25, 0.3) is 0 Å². The van der Waals surface area contributed by atoms with Crippen molar-refractivity contribution in [2.24, 2.45) is 17.8 Å². The molecule has 0 bridgehead atoms. The van der Waals surface area contributed by atoms with E-state index in [0.29, 0.717) is 31.3 Å². The van der Waals surface area contributed by atoms with Crippen molar-refractivity contribution >= 4 is 0 Å². The van der Waals surface area contributed by atoms with Crippen molar-refractivity contribution in [1.29, 1.82) is 0 Å². The van der Waals surface area contributed by atoms with Crippen molar-refractivity contribution < 1.29 is 22.3 Å². The zero-order valence-electron chi connectivity index (χ0n) is 17.2. The lowest BCUT2D eigenvalue weighted by Crippen LogP contribution is -2.49. The molecule has 2 atom stereocenters. The first kappa shape index (κ1) is 21.9. The number of allylic oxidation sites excluding steroid dienone is 3. The minimum Gasteiger partial charge on any atom is -0.373 e. The van der Waals surface area contributed by atoms with E-state index in [1.807, 2.05) is 0 Å². The second kappa shape index (κ2) is 8.89. The first-order valence-corrected chi connectivity index (χ1v) is 11.1. The predicted molar refractivity (Wildman–Crippen MR) is 104 cm³/mol. The lowest BCUT2D eigenvalue weighted by Gasteiger charge is -2.41. The van der Waals surface area contributed by atoms with Gasteiger partial charge < -0.3 is 4.74 Å². The first-order valence-electron chi connectivity index (χ1n) is 11.1. The summed E-state index contributed by atoms with van der Waals surface area (Å²) in [5.74, 6) is -6.49. The molecule has 0 N–H and O–H groups in total. The van der Waals surface area contributed by atoms with Crippen molar-refractivity contribution in [3.05, 3.63) is 23.3 Å². The molecule has 1 saturated heterocycles. The van der Waals surface area contributed by atoms with E-state index in [4.69, 9.17) is 4.74 Å². The van der Waals surface area contributed by atoms with Gasteiger partial charge >= 0.3 is 11.8 Å². The fourth-order valence-electron chi connectivity index (χ4n) is 5.35. The second-order valence-corrected chi connectivity index (χ2v) is 8.94. The van der Waals surface area contributed by atoms with Crippen molar-refractivity contribution in [2.75, 3.05) is 6.61 Å². The molecule has 3 aliphatic rings. The minimum atomic E-state index is -4.16. The molecule has 2 aliphatic carbocycles. The van der Waals surface area contributed by atoms with Gasteiger partial charge in [-0.3, -0.25) is 0 Å². The van der Waals surface area contributed by atoms with Crippen LogP contribution in [0.4, 0.5) is 17.6 Å². The number of alkyl halides is 4. The van der Waals surface area contributed by atoms with Crippen LogP contribution in [0, 0.1) is 17.8 Å². The van der Waals surface area contributed by atoms with Gasteiger partial charge in [0.05, 0.1) is 12.7 Å². The molecule has 0 aromatic heterocycles. The van der Waals surface area contributed by atoms with E-state index >= 15 is 0 Å². The van der Waals surface area contributed by atoms with E-state index in [9.17, 15) is 17.6 Å². The Bertz CT molecular complexity index is 579. The summed E-state index contributed by atoms with van der Waals surface area (Å²) in [4.78, 5) is 0. The molecule has 1 heterocycles. The number of ether oxygens (including phenoxy) is 1. The van der Waals surface area contributed by atoms with Gasteiger partial charge in [-0.15, -0.1) is 0 Å². The molecular formula is C23H34F4O. The largest absolute Gasteiger partial charge is 0.373 e. The molecule has 0 aromatic carbocycles. The molecule has 0 amide bonds. The highest BCUT2D eigenvalue weighted by molar-refractivity contribution is 5.39. The summed E-state index contributed by atoms with van der Waals surface area (Å²) in [6.45, 7) is 4.35. The number of hydrogen-bond donors (Lipinski definition) is 0. The van der Waals surface area contributed by atoms with E-state index in [-0.39, 0.29) is 6.42 Å². The molecule has 1 nitrogen and oxygen atoms in total. The quantitative estimate of drug-likeness (QED) is 0.423. The molecule has 0 spiro atoms. The monoisotopic (exact) mass is 402 g/mol. The third-order valence-electron chi connectivity index (χ3n) is 7.06. The topological polar surface area (TPSA) is 9.23 Å². The van der Waals surface area contributed by atoms with Crippen LogP contribution in [0.5, 0.6) is 0 Å². The predicted octanol–water partition coefficient (Wildman–Crippen LogP) is 7.33. The fourth-order valence-corrected chi connectivity index (χ4v) is 5.35. The first-order chi connectivity index (χ1) is 13.3.